The van der Waals surface area contributed by atoms with Crippen molar-refractivity contribution in [3.63, 3.8) is 0 Å². The normalized spacial score (nSPS) is 10.2. The summed E-state index contributed by atoms with van der Waals surface area (Å²) in [6.45, 7) is 3.23. The van der Waals surface area contributed by atoms with E-state index in [0.717, 1.165) is 4.47 Å². The highest BCUT2D eigenvalue weighted by Crippen LogP contribution is 2.16. The van der Waals surface area contributed by atoms with Gasteiger partial charge in [0.15, 0.2) is 6.61 Å². The number of carbonyl (C=O) groups excluding carboxylic acids is 1. The van der Waals surface area contributed by atoms with Crippen LogP contribution >= 0.6 is 15.9 Å². The van der Waals surface area contributed by atoms with Crippen LogP contribution in [-0.4, -0.2) is 42.2 Å². The van der Waals surface area contributed by atoms with Gasteiger partial charge in [0.2, 0.25) is 0 Å². The van der Waals surface area contributed by atoms with Crippen LogP contribution in [0.15, 0.2) is 28.7 Å². The summed E-state index contributed by atoms with van der Waals surface area (Å²) in [4.78, 5) is 13.5. The molecule has 1 aromatic carbocycles. The van der Waals surface area contributed by atoms with Crippen LogP contribution in [0.5, 0.6) is 5.75 Å². The predicted octanol–water partition coefficient (Wildman–Crippen LogP) is 2.06. The van der Waals surface area contributed by atoms with Crippen molar-refractivity contribution in [3.05, 3.63) is 28.7 Å². The van der Waals surface area contributed by atoms with Gasteiger partial charge in [0.25, 0.3) is 5.91 Å². The number of amides is 1. The van der Waals surface area contributed by atoms with E-state index in [0.29, 0.717) is 25.3 Å². The van der Waals surface area contributed by atoms with Gasteiger partial charge in [-0.1, -0.05) is 15.9 Å². The van der Waals surface area contributed by atoms with Gasteiger partial charge in [0, 0.05) is 24.2 Å². The molecule has 0 radical (unpaired) electrons. The number of rotatable bonds is 7. The molecule has 1 N–H and O–H groups in total. The molecule has 0 aliphatic carbocycles. The first-order valence-corrected chi connectivity index (χ1v) is 6.73. The maximum absolute atomic E-state index is 11.8. The quantitative estimate of drug-likeness (QED) is 0.838. The Hall–Kier alpha value is -1.07. The highest BCUT2D eigenvalue weighted by molar-refractivity contribution is 9.10. The number of hydrogen-bond acceptors (Lipinski definition) is 3. The van der Waals surface area contributed by atoms with Crippen molar-refractivity contribution in [1.82, 2.24) is 4.90 Å². The largest absolute Gasteiger partial charge is 0.484 e. The molecule has 0 saturated heterocycles. The van der Waals surface area contributed by atoms with Crippen LogP contribution in [0, 0.1) is 0 Å². The Kier molecular flexibility index (Phi) is 6.75. The highest BCUT2D eigenvalue weighted by Gasteiger charge is 2.11. The average Bonchev–Trinajstić information content (AvgIpc) is 2.39. The van der Waals surface area contributed by atoms with Gasteiger partial charge in [0.05, 0.1) is 0 Å². The van der Waals surface area contributed by atoms with Crippen LogP contribution in [0.3, 0.4) is 0 Å². The Labute approximate surface area is 116 Å². The first kappa shape index (κ1) is 15.0. The van der Waals surface area contributed by atoms with Crippen LogP contribution in [0.2, 0.25) is 0 Å². The second-order valence-corrected chi connectivity index (χ2v) is 4.71. The number of nitrogens with zero attached hydrogens (tertiary/aromatic N) is 1. The molecule has 0 saturated carbocycles. The van der Waals surface area contributed by atoms with E-state index in [4.69, 9.17) is 9.84 Å². The summed E-state index contributed by atoms with van der Waals surface area (Å²) in [6, 6.07) is 7.34. The molecule has 0 aliphatic heterocycles. The van der Waals surface area contributed by atoms with E-state index in [-0.39, 0.29) is 19.1 Å². The molecular weight excluding hydrogens is 298 g/mol. The third kappa shape index (κ3) is 5.06. The van der Waals surface area contributed by atoms with Crippen molar-refractivity contribution in [2.75, 3.05) is 26.3 Å². The number of aliphatic hydroxyl groups excluding tert-OH is 1. The van der Waals surface area contributed by atoms with E-state index in [1.807, 2.05) is 19.1 Å². The summed E-state index contributed by atoms with van der Waals surface area (Å²) in [5, 5.41) is 8.75. The molecule has 4 nitrogen and oxygen atoms in total. The zero-order valence-electron chi connectivity index (χ0n) is 10.4. The second-order valence-electron chi connectivity index (χ2n) is 3.79. The van der Waals surface area contributed by atoms with Gasteiger partial charge in [0.1, 0.15) is 5.75 Å². The lowest BCUT2D eigenvalue weighted by Gasteiger charge is -2.20. The highest BCUT2D eigenvalue weighted by atomic mass is 79.9. The first-order valence-electron chi connectivity index (χ1n) is 5.94. The maximum atomic E-state index is 11.8. The lowest BCUT2D eigenvalue weighted by Crippen LogP contribution is -2.35. The zero-order valence-corrected chi connectivity index (χ0v) is 12.0. The first-order chi connectivity index (χ1) is 8.67. The number of ether oxygens (including phenoxy) is 1. The molecule has 0 heterocycles. The molecule has 0 atom stereocenters. The minimum Gasteiger partial charge on any atom is -0.484 e. The summed E-state index contributed by atoms with van der Waals surface area (Å²) in [7, 11) is 0. The summed E-state index contributed by atoms with van der Waals surface area (Å²) >= 11 is 3.33. The number of likely N-dealkylation sites (N-methyl/N-ethyl adjacent to an activating group) is 1. The number of aliphatic hydroxyl groups is 1. The monoisotopic (exact) mass is 315 g/mol. The van der Waals surface area contributed by atoms with Gasteiger partial charge in [-0.15, -0.1) is 0 Å². The molecule has 1 rings (SSSR count). The molecule has 5 heteroatoms. The molecule has 0 aromatic heterocycles. The predicted molar refractivity (Wildman–Crippen MR) is 73.6 cm³/mol. The van der Waals surface area contributed by atoms with Crippen molar-refractivity contribution in [2.45, 2.75) is 13.3 Å². The standard InChI is InChI=1S/C13H18BrNO3/c1-2-15(8-3-9-16)13(17)10-18-12-6-4-11(14)5-7-12/h4-7,16H,2-3,8-10H2,1H3. The minimum atomic E-state index is -0.0612. The molecule has 1 aromatic rings. The summed E-state index contributed by atoms with van der Waals surface area (Å²) in [6.07, 6.45) is 0.595. The van der Waals surface area contributed by atoms with Gasteiger partial charge in [-0.2, -0.15) is 0 Å². The Morgan fingerprint density at radius 3 is 2.61 bits per heavy atom. The van der Waals surface area contributed by atoms with Gasteiger partial charge >= 0.3 is 0 Å². The van der Waals surface area contributed by atoms with Gasteiger partial charge in [-0.25, -0.2) is 0 Å². The fourth-order valence-corrected chi connectivity index (χ4v) is 1.75. The Bertz CT molecular complexity index is 367. The molecule has 1 amide bonds. The van der Waals surface area contributed by atoms with Crippen LogP contribution in [-0.2, 0) is 4.79 Å². The van der Waals surface area contributed by atoms with E-state index in [1.54, 1.807) is 17.0 Å². The van der Waals surface area contributed by atoms with Gasteiger partial charge in [-0.3, -0.25) is 4.79 Å². The molecule has 0 aliphatic rings. The Balaban J connectivity index is 2.41. The summed E-state index contributed by atoms with van der Waals surface area (Å²) < 4.78 is 6.38. The van der Waals surface area contributed by atoms with Crippen LogP contribution in [0.1, 0.15) is 13.3 Å². The molecule has 0 unspecified atom stereocenters. The van der Waals surface area contributed by atoms with E-state index in [2.05, 4.69) is 15.9 Å². The zero-order chi connectivity index (χ0) is 13.4. The SMILES string of the molecule is CCN(CCCO)C(=O)COc1ccc(Br)cc1. The van der Waals surface area contributed by atoms with Crippen molar-refractivity contribution < 1.29 is 14.6 Å². The van der Waals surface area contributed by atoms with E-state index >= 15 is 0 Å². The van der Waals surface area contributed by atoms with Crippen molar-refractivity contribution in [2.24, 2.45) is 0 Å². The van der Waals surface area contributed by atoms with Crippen molar-refractivity contribution >= 4 is 21.8 Å². The van der Waals surface area contributed by atoms with Crippen LogP contribution in [0.25, 0.3) is 0 Å². The van der Waals surface area contributed by atoms with Crippen LogP contribution < -0.4 is 4.74 Å². The van der Waals surface area contributed by atoms with E-state index in [9.17, 15) is 4.79 Å². The average molecular weight is 316 g/mol. The molecule has 0 bridgehead atoms. The smallest absolute Gasteiger partial charge is 0.260 e. The summed E-state index contributed by atoms with van der Waals surface area (Å²) in [5.74, 6) is 0.610. The molecule has 0 fully saturated rings. The number of benzene rings is 1. The van der Waals surface area contributed by atoms with Crippen molar-refractivity contribution in [1.29, 1.82) is 0 Å². The van der Waals surface area contributed by atoms with E-state index < -0.39 is 0 Å². The van der Waals surface area contributed by atoms with Gasteiger partial charge < -0.3 is 14.7 Å². The second kappa shape index (κ2) is 8.11. The molecular formula is C13H18BrNO3. The fourth-order valence-electron chi connectivity index (χ4n) is 1.49. The lowest BCUT2D eigenvalue weighted by molar-refractivity contribution is -0.133. The number of hydrogen-bond donors (Lipinski definition) is 1. The van der Waals surface area contributed by atoms with Crippen LogP contribution in [0.4, 0.5) is 0 Å². The molecule has 100 valence electrons. The van der Waals surface area contributed by atoms with Crippen molar-refractivity contribution in [3.8, 4) is 5.75 Å². The van der Waals surface area contributed by atoms with Gasteiger partial charge in [-0.05, 0) is 37.6 Å². The summed E-state index contributed by atoms with van der Waals surface area (Å²) in [5.41, 5.74) is 0. The topological polar surface area (TPSA) is 49.8 Å². The van der Waals surface area contributed by atoms with E-state index in [1.165, 1.54) is 0 Å². The molecule has 0 spiro atoms. The molecule has 18 heavy (non-hydrogen) atoms. The third-order valence-corrected chi connectivity index (χ3v) is 3.03. The third-order valence-electron chi connectivity index (χ3n) is 2.50. The maximum Gasteiger partial charge on any atom is 0.260 e. The lowest BCUT2D eigenvalue weighted by atomic mass is 10.3. The Morgan fingerprint density at radius 1 is 1.39 bits per heavy atom. The number of halogens is 1. The fraction of sp³-hybridized carbons (Fsp3) is 0.462. The minimum absolute atomic E-state index is 0.0287. The number of carbonyl (C=O) groups is 1. The Morgan fingerprint density at radius 2 is 2.06 bits per heavy atom.